The van der Waals surface area contributed by atoms with E-state index in [0.29, 0.717) is 63.3 Å². The third kappa shape index (κ3) is 10.00. The molecule has 0 amide bonds. The molecule has 0 aliphatic carbocycles. The van der Waals surface area contributed by atoms with Crippen molar-refractivity contribution in [1.82, 2.24) is 9.13 Å². The summed E-state index contributed by atoms with van der Waals surface area (Å²) < 4.78 is 236. The molecule has 0 saturated heterocycles. The molecule has 2 heterocycles. The zero-order chi connectivity index (χ0) is 62.0. The first-order valence-corrected chi connectivity index (χ1v) is 25.9. The van der Waals surface area contributed by atoms with Crippen molar-refractivity contribution < 1.29 is 70.2 Å². The van der Waals surface area contributed by atoms with Gasteiger partial charge in [-0.2, -0.15) is 63.2 Å². The maximum absolute atomic E-state index is 15.8. The number of benzene rings is 10. The average Bonchev–Trinajstić information content (AvgIpc) is 1.62. The van der Waals surface area contributed by atoms with E-state index in [1.165, 1.54) is 53.1 Å². The third-order valence-corrected chi connectivity index (χ3v) is 15.2. The maximum atomic E-state index is 15.8. The predicted molar refractivity (Wildman–Crippen MR) is 296 cm³/mol. The lowest BCUT2D eigenvalue weighted by atomic mass is 9.94. The van der Waals surface area contributed by atoms with E-state index in [1.54, 1.807) is 54.0 Å². The van der Waals surface area contributed by atoms with E-state index in [2.05, 4.69) is 6.07 Å². The predicted octanol–water partition coefficient (Wildman–Crippen LogP) is 20.9. The van der Waals surface area contributed by atoms with E-state index in [-0.39, 0.29) is 95.4 Å². The standard InChI is InChI=1S/C67H32F16N4/c1-33-2-11-47(56(70)20-33)36-5-18-60-51(24-36)52-25-37(48-15-10-43(69)29-57(48)71)6-19-61(52)87(60)63-26-39(32-85)62(30-53(63)44-14-9-42(68)21-38(44)31-84)86-58-16-3-34(45-12-7-40(64(72,73)74)27-54(45)66(78,79)80)22-49(58)50-23-35(4-17-59(50)86)46-13-8-41(65(75,76)77)28-55(46)67(81,82)83/h2-30H,1H3. The first-order chi connectivity index (χ1) is 41.1. The van der Waals surface area contributed by atoms with Gasteiger partial charge in [-0.05, 0) is 161 Å². The Hall–Kier alpha value is -10.3. The number of halogens is 16. The summed E-state index contributed by atoms with van der Waals surface area (Å²) >= 11 is 0. The molecule has 0 atom stereocenters. The number of nitriles is 2. The molecule has 0 spiro atoms. The Balaban J connectivity index is 1.18. The van der Waals surface area contributed by atoms with Crippen LogP contribution in [-0.2, 0) is 24.7 Å². The van der Waals surface area contributed by atoms with Crippen LogP contribution in [0.3, 0.4) is 0 Å². The quantitative estimate of drug-likeness (QED) is 0.149. The van der Waals surface area contributed by atoms with Crippen LogP contribution in [0.1, 0.15) is 38.9 Å². The van der Waals surface area contributed by atoms with Crippen molar-refractivity contribution in [3.05, 3.63) is 238 Å². The molecule has 12 aromatic rings. The number of rotatable bonds is 7. The van der Waals surface area contributed by atoms with Crippen LogP contribution >= 0.6 is 0 Å². The highest BCUT2D eigenvalue weighted by Gasteiger charge is 2.40. The van der Waals surface area contributed by atoms with Crippen LogP contribution in [0.5, 0.6) is 0 Å². The van der Waals surface area contributed by atoms with Gasteiger partial charge in [-0.3, -0.25) is 0 Å². The molecular formula is C67H32F16N4. The van der Waals surface area contributed by atoms with Crippen molar-refractivity contribution in [2.45, 2.75) is 31.6 Å². The van der Waals surface area contributed by atoms with Crippen LogP contribution in [0.15, 0.2) is 176 Å². The highest BCUT2D eigenvalue weighted by Crippen LogP contribution is 2.48. The summed E-state index contributed by atoms with van der Waals surface area (Å²) in [5.74, 6) is -3.13. The second-order valence-corrected chi connectivity index (χ2v) is 20.5. The minimum atomic E-state index is -5.38. The van der Waals surface area contributed by atoms with Crippen molar-refractivity contribution >= 4 is 43.6 Å². The van der Waals surface area contributed by atoms with Crippen molar-refractivity contribution in [2.75, 3.05) is 0 Å². The van der Waals surface area contributed by atoms with E-state index in [9.17, 15) is 67.6 Å². The molecule has 0 unspecified atom stereocenters. The summed E-state index contributed by atoms with van der Waals surface area (Å²) in [6.45, 7) is 1.70. The van der Waals surface area contributed by atoms with E-state index < -0.39 is 81.4 Å². The summed E-state index contributed by atoms with van der Waals surface area (Å²) in [6.07, 6.45) is -21.2. The van der Waals surface area contributed by atoms with Gasteiger partial charge in [0.05, 0.1) is 72.9 Å². The lowest BCUT2D eigenvalue weighted by Crippen LogP contribution is -2.12. The number of hydrogen-bond donors (Lipinski definition) is 0. The normalized spacial score (nSPS) is 12.4. The van der Waals surface area contributed by atoms with Crippen LogP contribution in [0.25, 0.3) is 111 Å². The number of aryl methyl sites for hydroxylation is 1. The van der Waals surface area contributed by atoms with E-state index in [0.717, 1.165) is 42.5 Å². The van der Waals surface area contributed by atoms with Crippen molar-refractivity contribution in [3.8, 4) is 79.1 Å². The second-order valence-electron chi connectivity index (χ2n) is 20.5. The molecule has 10 aromatic carbocycles. The monoisotopic (exact) mass is 1200 g/mol. The largest absolute Gasteiger partial charge is 0.417 e. The molecule has 20 heteroatoms. The highest BCUT2D eigenvalue weighted by molar-refractivity contribution is 6.14. The molecule has 0 bridgehead atoms. The van der Waals surface area contributed by atoms with Gasteiger partial charge in [-0.15, -0.1) is 0 Å². The Kier molecular flexibility index (Phi) is 13.4. The van der Waals surface area contributed by atoms with E-state index >= 15 is 13.2 Å². The SMILES string of the molecule is Cc1ccc(-c2ccc3c(c2)c2cc(-c4ccc(F)cc4F)ccc2n3-c2cc(C#N)c(-n3c4ccc(-c5ccc(C(F)(F)F)cc5C(F)(F)F)cc4c4cc(-c5ccc(C(F)(F)F)cc5C(F)(F)F)ccc43)cc2-c2ccc(F)cc2C#N)c(F)c1. The summed E-state index contributed by atoms with van der Waals surface area (Å²) in [7, 11) is 0. The van der Waals surface area contributed by atoms with Crippen molar-refractivity contribution in [3.63, 3.8) is 0 Å². The molecule has 0 fully saturated rings. The van der Waals surface area contributed by atoms with Gasteiger partial charge >= 0.3 is 24.7 Å². The minimum Gasteiger partial charge on any atom is -0.309 e. The van der Waals surface area contributed by atoms with Gasteiger partial charge in [-0.25, -0.2) is 17.6 Å². The molecule has 12 rings (SSSR count). The molecule has 0 radical (unpaired) electrons. The van der Waals surface area contributed by atoms with Gasteiger partial charge in [0.2, 0.25) is 0 Å². The Morgan fingerprint density at radius 3 is 1.10 bits per heavy atom. The van der Waals surface area contributed by atoms with E-state index in [4.69, 9.17) is 0 Å². The van der Waals surface area contributed by atoms with Gasteiger partial charge in [-0.1, -0.05) is 54.6 Å². The molecule has 0 aliphatic heterocycles. The topological polar surface area (TPSA) is 57.4 Å². The van der Waals surface area contributed by atoms with Gasteiger partial charge < -0.3 is 9.13 Å². The Morgan fingerprint density at radius 2 is 0.701 bits per heavy atom. The zero-order valence-corrected chi connectivity index (χ0v) is 44.1. The van der Waals surface area contributed by atoms with Gasteiger partial charge in [0.15, 0.2) is 0 Å². The van der Waals surface area contributed by atoms with Crippen molar-refractivity contribution in [1.29, 1.82) is 10.5 Å². The van der Waals surface area contributed by atoms with Crippen LogP contribution in [0.4, 0.5) is 70.2 Å². The number of aromatic nitrogens is 2. The molecule has 432 valence electrons. The maximum Gasteiger partial charge on any atom is 0.417 e. The first-order valence-electron chi connectivity index (χ1n) is 25.9. The summed E-state index contributed by atoms with van der Waals surface area (Å²) in [5, 5.41) is 22.6. The lowest BCUT2D eigenvalue weighted by molar-refractivity contribution is -0.144. The fourth-order valence-electron chi connectivity index (χ4n) is 11.3. The second kappa shape index (κ2) is 20.4. The number of hydrogen-bond acceptors (Lipinski definition) is 2. The molecule has 2 aromatic heterocycles. The van der Waals surface area contributed by atoms with Gasteiger partial charge in [0.25, 0.3) is 0 Å². The lowest BCUT2D eigenvalue weighted by Gasteiger charge is -2.20. The molecule has 4 nitrogen and oxygen atoms in total. The van der Waals surface area contributed by atoms with Gasteiger partial charge in [0, 0.05) is 49.9 Å². The molecule has 0 N–H and O–H groups in total. The van der Waals surface area contributed by atoms with Crippen molar-refractivity contribution in [2.24, 2.45) is 0 Å². The molecule has 0 saturated carbocycles. The molecule has 0 aliphatic rings. The number of nitrogens with zero attached hydrogens (tertiary/aromatic N) is 4. The number of alkyl halides is 12. The Morgan fingerprint density at radius 1 is 0.322 bits per heavy atom. The first kappa shape index (κ1) is 57.1. The Bertz CT molecular complexity index is 4720. The van der Waals surface area contributed by atoms with Crippen LogP contribution < -0.4 is 0 Å². The van der Waals surface area contributed by atoms with Crippen LogP contribution in [-0.4, -0.2) is 9.13 Å². The Labute approximate surface area is 480 Å². The van der Waals surface area contributed by atoms with Crippen LogP contribution in [0, 0.1) is 52.9 Å². The number of fused-ring (bicyclic) bond motifs is 6. The zero-order valence-electron chi connectivity index (χ0n) is 44.1. The smallest absolute Gasteiger partial charge is 0.309 e. The summed E-state index contributed by atoms with van der Waals surface area (Å²) in [4.78, 5) is 0. The van der Waals surface area contributed by atoms with Crippen LogP contribution in [0.2, 0.25) is 0 Å². The molecule has 87 heavy (non-hydrogen) atoms. The average molecular weight is 1200 g/mol. The fourth-order valence-corrected chi connectivity index (χ4v) is 11.3. The fraction of sp³-hybridized carbons (Fsp3) is 0.0746. The summed E-state index contributed by atoms with van der Waals surface area (Å²) in [6, 6.07) is 36.5. The van der Waals surface area contributed by atoms with Gasteiger partial charge in [0.1, 0.15) is 29.3 Å². The highest BCUT2D eigenvalue weighted by atomic mass is 19.4. The molecular weight excluding hydrogens is 1160 g/mol. The summed E-state index contributed by atoms with van der Waals surface area (Å²) in [5.41, 5.74) is -6.85. The van der Waals surface area contributed by atoms with E-state index in [1.807, 2.05) is 6.07 Å². The third-order valence-electron chi connectivity index (χ3n) is 15.2. The minimum absolute atomic E-state index is 0.00689.